The quantitative estimate of drug-likeness (QED) is 0.147. The number of amidine groups is 1. The van der Waals surface area contributed by atoms with Crippen molar-refractivity contribution in [3.05, 3.63) is 77.6 Å². The van der Waals surface area contributed by atoms with Crippen molar-refractivity contribution in [2.45, 2.75) is 20.4 Å². The van der Waals surface area contributed by atoms with Crippen LogP contribution in [0.5, 0.6) is 0 Å². The minimum atomic E-state index is 0.0502. The van der Waals surface area contributed by atoms with Crippen LogP contribution in [-0.4, -0.2) is 21.0 Å². The number of nitrogen functional groups attached to an aromatic ring is 1. The summed E-state index contributed by atoms with van der Waals surface area (Å²) in [5.74, 6) is 6.49. The summed E-state index contributed by atoms with van der Waals surface area (Å²) >= 11 is 0. The maximum atomic E-state index is 8.71. The van der Waals surface area contributed by atoms with Gasteiger partial charge in [-0.1, -0.05) is 67.5 Å². The zero-order chi connectivity index (χ0) is 21.4. The Morgan fingerprint density at radius 1 is 1.10 bits per heavy atom. The largest absolute Gasteiger partial charge is 0.409 e. The highest BCUT2D eigenvalue weighted by Crippen LogP contribution is 2.26. The number of nitrogens with zero attached hydrogens (tertiary/aromatic N) is 3. The molecule has 0 saturated heterocycles. The molecule has 0 amide bonds. The van der Waals surface area contributed by atoms with Crippen LogP contribution in [0.3, 0.4) is 0 Å². The lowest BCUT2D eigenvalue weighted by molar-refractivity contribution is 0.318. The molecule has 0 atom stereocenters. The minimum Gasteiger partial charge on any atom is -0.409 e. The Bertz CT molecular complexity index is 1010. The number of rotatable bonds is 5. The average Bonchev–Trinajstić information content (AvgIpc) is 2.74. The number of hydrazine groups is 1. The summed E-state index contributed by atoms with van der Waals surface area (Å²) in [5, 5.41) is 15.0. The number of hydrogen-bond donors (Lipinski definition) is 5. The molecular weight excluding hydrogens is 366 g/mol. The molecule has 0 bridgehead atoms. The molecule has 3 aromatic rings. The fourth-order valence-electron chi connectivity index (χ4n) is 2.82. The summed E-state index contributed by atoms with van der Waals surface area (Å²) in [6.07, 6.45) is 3.34. The molecule has 0 unspecified atom stereocenters. The van der Waals surface area contributed by atoms with Crippen molar-refractivity contribution in [3.8, 4) is 0 Å². The van der Waals surface area contributed by atoms with Crippen molar-refractivity contribution in [3.63, 3.8) is 0 Å². The third-order valence-corrected chi connectivity index (χ3v) is 4.15. The van der Waals surface area contributed by atoms with E-state index in [-0.39, 0.29) is 5.84 Å². The van der Waals surface area contributed by atoms with Gasteiger partial charge in [0.1, 0.15) is 5.82 Å². The number of nitrogens with two attached hydrogens (primary N) is 4. The van der Waals surface area contributed by atoms with Gasteiger partial charge in [-0.25, -0.2) is 10.8 Å². The topological polar surface area (TPSA) is 153 Å². The van der Waals surface area contributed by atoms with Crippen LogP contribution in [0.15, 0.2) is 66.1 Å². The summed E-state index contributed by atoms with van der Waals surface area (Å²) in [4.78, 5) is 4.21. The molecule has 29 heavy (non-hydrogen) atoms. The van der Waals surface area contributed by atoms with Gasteiger partial charge in [0.25, 0.3) is 0 Å². The first kappa shape index (κ1) is 21.5. The second-order valence-electron chi connectivity index (χ2n) is 6.04. The van der Waals surface area contributed by atoms with Crippen LogP contribution in [0.4, 0.5) is 5.82 Å². The molecule has 3 rings (SSSR count). The summed E-state index contributed by atoms with van der Waals surface area (Å²) in [6.45, 7) is 4.41. The molecule has 0 aliphatic heterocycles. The third-order valence-electron chi connectivity index (χ3n) is 4.15. The molecule has 8 nitrogen and oxygen atoms in total. The van der Waals surface area contributed by atoms with Crippen LogP contribution in [-0.2, 0) is 6.54 Å². The van der Waals surface area contributed by atoms with Gasteiger partial charge in [0, 0.05) is 28.9 Å². The van der Waals surface area contributed by atoms with Gasteiger partial charge >= 0.3 is 0 Å². The van der Waals surface area contributed by atoms with E-state index < -0.39 is 0 Å². The van der Waals surface area contributed by atoms with Gasteiger partial charge in [-0.3, -0.25) is 0 Å². The molecule has 8 heteroatoms. The van der Waals surface area contributed by atoms with Crippen molar-refractivity contribution >= 4 is 28.1 Å². The van der Waals surface area contributed by atoms with E-state index in [2.05, 4.69) is 10.1 Å². The number of hydrogen-bond acceptors (Lipinski definition) is 7. The van der Waals surface area contributed by atoms with Crippen molar-refractivity contribution in [2.75, 3.05) is 5.73 Å². The number of pyridine rings is 1. The normalized spacial score (nSPS) is 11.7. The van der Waals surface area contributed by atoms with E-state index in [1.54, 1.807) is 24.5 Å². The number of benzene rings is 2. The van der Waals surface area contributed by atoms with E-state index >= 15 is 0 Å². The molecule has 0 fully saturated rings. The molecule has 0 aliphatic carbocycles. The van der Waals surface area contributed by atoms with Gasteiger partial charge in [0.2, 0.25) is 0 Å². The van der Waals surface area contributed by atoms with Gasteiger partial charge in [0.15, 0.2) is 5.84 Å². The lowest BCUT2D eigenvalue weighted by Crippen LogP contribution is -2.26. The van der Waals surface area contributed by atoms with Gasteiger partial charge in [-0.15, -0.1) is 0 Å². The van der Waals surface area contributed by atoms with E-state index in [1.807, 2.05) is 50.2 Å². The van der Waals surface area contributed by atoms with E-state index in [1.165, 1.54) is 5.01 Å². The summed E-state index contributed by atoms with van der Waals surface area (Å²) in [7, 11) is 0. The lowest BCUT2D eigenvalue weighted by Gasteiger charge is -2.17. The maximum absolute atomic E-state index is 8.71. The first-order valence-corrected chi connectivity index (χ1v) is 9.18. The summed E-state index contributed by atoms with van der Waals surface area (Å²) < 4.78 is 0. The summed E-state index contributed by atoms with van der Waals surface area (Å²) in [5.41, 5.74) is 20.5. The Morgan fingerprint density at radius 3 is 2.41 bits per heavy atom. The van der Waals surface area contributed by atoms with Gasteiger partial charge in [-0.2, -0.15) is 0 Å². The Balaban J connectivity index is 0.00000145. The van der Waals surface area contributed by atoms with Crippen molar-refractivity contribution < 1.29 is 5.21 Å². The van der Waals surface area contributed by atoms with Crippen molar-refractivity contribution in [1.29, 1.82) is 0 Å². The average molecular weight is 393 g/mol. The van der Waals surface area contributed by atoms with Crippen LogP contribution in [0.2, 0.25) is 0 Å². The predicted octanol–water partition coefficient (Wildman–Crippen LogP) is 2.57. The Labute approximate surface area is 170 Å². The molecule has 1 aromatic heterocycles. The second kappa shape index (κ2) is 9.95. The van der Waals surface area contributed by atoms with Crippen molar-refractivity contribution in [2.24, 2.45) is 22.5 Å². The van der Waals surface area contributed by atoms with E-state index in [0.717, 1.165) is 16.3 Å². The van der Waals surface area contributed by atoms with Crippen LogP contribution in [0, 0.1) is 0 Å². The molecule has 0 spiro atoms. The molecule has 1 heterocycles. The summed E-state index contributed by atoms with van der Waals surface area (Å²) in [6, 6.07) is 14.9. The van der Waals surface area contributed by atoms with E-state index in [0.29, 0.717) is 29.2 Å². The van der Waals surface area contributed by atoms with E-state index in [4.69, 9.17) is 28.3 Å². The zero-order valence-corrected chi connectivity index (χ0v) is 16.6. The fourth-order valence-corrected chi connectivity index (χ4v) is 2.82. The smallest absolute Gasteiger partial charge is 0.170 e. The molecule has 0 saturated carbocycles. The Morgan fingerprint density at radius 2 is 1.76 bits per heavy atom. The minimum absolute atomic E-state index is 0.0502. The van der Waals surface area contributed by atoms with Crippen LogP contribution in [0.1, 0.15) is 30.5 Å². The second-order valence-corrected chi connectivity index (χ2v) is 6.04. The zero-order valence-electron chi connectivity index (χ0n) is 16.6. The van der Waals surface area contributed by atoms with Gasteiger partial charge in [0.05, 0.1) is 12.2 Å². The molecule has 0 radical (unpaired) electrons. The predicted molar refractivity (Wildman–Crippen MR) is 118 cm³/mol. The Hall–Kier alpha value is -3.78. The SMILES string of the molecule is CC.N/C(=C\N(N)Cc1ccc(/C(N)=N\O)cc1)c1c(N)ncc2ccccc12. The standard InChI is InChI=1S/C19H21N7O.C2H6/c20-16(17-15-4-2-1-3-14(15)9-24-19(17)22)11-26(23)10-12-5-7-13(8-6-12)18(21)25-27;1-2/h1-9,11,27H,10,20,23H2,(H2,21,25)(H2,22,24);1-2H3/b16-11-;. The van der Waals surface area contributed by atoms with Crippen LogP contribution in [0.25, 0.3) is 16.5 Å². The van der Waals surface area contributed by atoms with E-state index in [9.17, 15) is 0 Å². The monoisotopic (exact) mass is 393 g/mol. The Kier molecular flexibility index (Phi) is 7.39. The highest BCUT2D eigenvalue weighted by Gasteiger charge is 2.10. The number of oxime groups is 1. The highest BCUT2D eigenvalue weighted by atomic mass is 16.4. The molecule has 2 aromatic carbocycles. The molecule has 152 valence electrons. The van der Waals surface area contributed by atoms with Gasteiger partial charge < -0.3 is 27.4 Å². The maximum Gasteiger partial charge on any atom is 0.170 e. The lowest BCUT2D eigenvalue weighted by atomic mass is 10.0. The van der Waals surface area contributed by atoms with Gasteiger partial charge in [-0.05, 0) is 10.9 Å². The molecule has 9 N–H and O–H groups in total. The molecular formula is C21H27N7O. The number of aromatic nitrogens is 1. The molecule has 0 aliphatic rings. The third kappa shape index (κ3) is 5.14. The van der Waals surface area contributed by atoms with Crippen LogP contribution >= 0.6 is 0 Å². The van der Waals surface area contributed by atoms with Crippen LogP contribution < -0.4 is 23.0 Å². The first-order valence-electron chi connectivity index (χ1n) is 9.18. The number of anilines is 1. The van der Waals surface area contributed by atoms with Crippen molar-refractivity contribution in [1.82, 2.24) is 9.99 Å². The fraction of sp³-hybridized carbons (Fsp3) is 0.143. The highest BCUT2D eigenvalue weighted by molar-refractivity contribution is 5.97. The first-order chi connectivity index (χ1) is 14.0. The number of fused-ring (bicyclic) bond motifs is 1.